The van der Waals surface area contributed by atoms with Crippen LogP contribution in [0.4, 0.5) is 11.4 Å². The molecule has 0 unspecified atom stereocenters. The first-order valence-corrected chi connectivity index (χ1v) is 14.6. The maximum Gasteiger partial charge on any atom is 0.246 e. The van der Waals surface area contributed by atoms with E-state index in [9.17, 15) is 4.79 Å². The monoisotopic (exact) mass is 538 g/mol. The molecular formula is C34H42N4O2. The second kappa shape index (κ2) is 11.4. The highest BCUT2D eigenvalue weighted by Crippen LogP contribution is 2.58. The van der Waals surface area contributed by atoms with Crippen LogP contribution in [0.15, 0.2) is 72.8 Å². The molecule has 0 bridgehead atoms. The Bertz CT molecular complexity index is 1350. The lowest BCUT2D eigenvalue weighted by molar-refractivity contribution is -0.117. The Morgan fingerprint density at radius 1 is 0.875 bits per heavy atom. The summed E-state index contributed by atoms with van der Waals surface area (Å²) in [5, 5.41) is 3.06. The fourth-order valence-corrected chi connectivity index (χ4v) is 6.46. The van der Waals surface area contributed by atoms with Crippen LogP contribution in [0, 0.1) is 0 Å². The Morgan fingerprint density at radius 3 is 1.95 bits per heavy atom. The highest BCUT2D eigenvalue weighted by atomic mass is 16.5. The highest BCUT2D eigenvalue weighted by Gasteiger charge is 2.52. The van der Waals surface area contributed by atoms with E-state index in [1.807, 2.05) is 0 Å². The number of carbonyl (C=O) groups excluding carboxylic acids is 1. The predicted molar refractivity (Wildman–Crippen MR) is 165 cm³/mol. The summed E-state index contributed by atoms with van der Waals surface area (Å²) < 4.78 is 6.80. The van der Waals surface area contributed by atoms with Gasteiger partial charge >= 0.3 is 0 Å². The zero-order valence-corrected chi connectivity index (χ0v) is 24.6. The number of nitrogens with one attached hydrogen (secondary N) is 1. The number of hydrogen-bond donors (Lipinski definition) is 1. The normalized spacial score (nSPS) is 14.6. The molecule has 0 saturated carbocycles. The van der Waals surface area contributed by atoms with Crippen molar-refractivity contribution in [2.45, 2.75) is 46.7 Å². The molecule has 3 aromatic rings. The first-order chi connectivity index (χ1) is 19.4. The zero-order valence-electron chi connectivity index (χ0n) is 24.6. The Hall–Kier alpha value is -3.77. The Morgan fingerprint density at radius 2 is 1.43 bits per heavy atom. The molecule has 210 valence electrons. The van der Waals surface area contributed by atoms with Gasteiger partial charge < -0.3 is 19.9 Å². The molecule has 1 amide bonds. The van der Waals surface area contributed by atoms with Gasteiger partial charge in [0.25, 0.3) is 0 Å². The molecule has 1 N–H and O–H groups in total. The van der Waals surface area contributed by atoms with E-state index in [-0.39, 0.29) is 5.91 Å². The van der Waals surface area contributed by atoms with Crippen molar-refractivity contribution >= 4 is 17.3 Å². The topological polar surface area (TPSA) is 48.1 Å². The average Bonchev–Trinajstić information content (AvgIpc) is 3.28. The van der Waals surface area contributed by atoms with E-state index in [4.69, 9.17) is 4.74 Å². The van der Waals surface area contributed by atoms with E-state index in [0.717, 1.165) is 66.7 Å². The largest absolute Gasteiger partial charge is 0.456 e. The smallest absolute Gasteiger partial charge is 0.246 e. The van der Waals surface area contributed by atoms with Crippen LogP contribution in [0.3, 0.4) is 0 Å². The molecule has 0 aliphatic carbocycles. The molecule has 2 heterocycles. The van der Waals surface area contributed by atoms with Crippen LogP contribution >= 0.6 is 0 Å². The van der Waals surface area contributed by atoms with E-state index in [1.165, 1.54) is 11.1 Å². The Kier molecular flexibility index (Phi) is 7.90. The van der Waals surface area contributed by atoms with Gasteiger partial charge in [-0.05, 0) is 57.9 Å². The van der Waals surface area contributed by atoms with Crippen LogP contribution in [0.1, 0.15) is 56.9 Å². The third-order valence-electron chi connectivity index (χ3n) is 8.48. The molecule has 5 rings (SSSR count). The number of amides is 1. The lowest BCUT2D eigenvalue weighted by Gasteiger charge is -2.45. The third kappa shape index (κ3) is 4.54. The van der Waals surface area contributed by atoms with Crippen LogP contribution < -0.4 is 19.9 Å². The second-order valence-corrected chi connectivity index (χ2v) is 10.6. The number of rotatable bonds is 10. The summed E-state index contributed by atoms with van der Waals surface area (Å²) >= 11 is 0. The first kappa shape index (κ1) is 27.8. The van der Waals surface area contributed by atoms with Crippen LogP contribution in [0.5, 0.6) is 11.5 Å². The van der Waals surface area contributed by atoms with E-state index >= 15 is 0 Å². The van der Waals surface area contributed by atoms with Crippen LogP contribution in [0.2, 0.25) is 0 Å². The van der Waals surface area contributed by atoms with E-state index in [1.54, 1.807) is 6.92 Å². The van der Waals surface area contributed by atoms with Gasteiger partial charge in [-0.1, -0.05) is 43.0 Å². The van der Waals surface area contributed by atoms with Gasteiger partial charge in [-0.3, -0.25) is 9.69 Å². The molecule has 2 aliphatic heterocycles. The average molecular weight is 539 g/mol. The van der Waals surface area contributed by atoms with Gasteiger partial charge in [0.1, 0.15) is 17.0 Å². The molecule has 0 atom stereocenters. The summed E-state index contributed by atoms with van der Waals surface area (Å²) in [6, 6.07) is 22.1. The van der Waals surface area contributed by atoms with Crippen molar-refractivity contribution in [3.05, 3.63) is 95.1 Å². The van der Waals surface area contributed by atoms with Gasteiger partial charge in [0, 0.05) is 86.0 Å². The summed E-state index contributed by atoms with van der Waals surface area (Å²) in [4.78, 5) is 19.6. The van der Waals surface area contributed by atoms with Gasteiger partial charge in [-0.25, -0.2) is 0 Å². The molecule has 0 fully saturated rings. The van der Waals surface area contributed by atoms with Gasteiger partial charge in [-0.15, -0.1) is 0 Å². The van der Waals surface area contributed by atoms with E-state index in [2.05, 4.69) is 115 Å². The van der Waals surface area contributed by atoms with Gasteiger partial charge in [0.15, 0.2) is 0 Å². The maximum absolute atomic E-state index is 12.4. The first-order valence-electron chi connectivity index (χ1n) is 14.6. The minimum atomic E-state index is -0.531. The SMILES string of the molecule is C=C(C)C(=O)NCCN1Cc2ccccc2C12c1ccc(N(CC)CC)cc1Oc1cc(N(CC)CC)ccc12. The Labute approximate surface area is 239 Å². The summed E-state index contributed by atoms with van der Waals surface area (Å²) in [7, 11) is 0. The van der Waals surface area contributed by atoms with Crippen LogP contribution in [0.25, 0.3) is 0 Å². The number of anilines is 2. The standard InChI is InChI=1S/C34H42N4O2/c1-7-36(8-2)26-15-17-29-31(21-26)40-32-22-27(37(9-3)10-4)16-18-30(32)34(29)28-14-12-11-13-25(28)23-38(34)20-19-35-33(39)24(5)6/h11-18,21-22H,5,7-10,19-20,23H2,1-4,6H3,(H,35,39). The molecule has 2 aliphatic rings. The lowest BCUT2D eigenvalue weighted by Crippen LogP contribution is -2.47. The molecule has 40 heavy (non-hydrogen) atoms. The van der Waals surface area contributed by atoms with Crippen molar-refractivity contribution in [1.29, 1.82) is 0 Å². The van der Waals surface area contributed by atoms with Crippen LogP contribution in [-0.2, 0) is 16.9 Å². The number of hydrogen-bond acceptors (Lipinski definition) is 5. The molecular weight excluding hydrogens is 496 g/mol. The molecule has 0 saturated heterocycles. The summed E-state index contributed by atoms with van der Waals surface area (Å²) in [6.45, 7) is 20.0. The minimum absolute atomic E-state index is 0.105. The highest BCUT2D eigenvalue weighted by molar-refractivity contribution is 5.92. The van der Waals surface area contributed by atoms with E-state index < -0.39 is 5.54 Å². The van der Waals surface area contributed by atoms with Gasteiger partial charge in [0.2, 0.25) is 5.91 Å². The van der Waals surface area contributed by atoms with Crippen molar-refractivity contribution in [2.24, 2.45) is 0 Å². The summed E-state index contributed by atoms with van der Waals surface area (Å²) in [5.74, 6) is 1.67. The van der Waals surface area contributed by atoms with Gasteiger partial charge in [0.05, 0.1) is 0 Å². The number of benzene rings is 3. The summed E-state index contributed by atoms with van der Waals surface area (Å²) in [6.07, 6.45) is 0. The van der Waals surface area contributed by atoms with Crippen molar-refractivity contribution in [2.75, 3.05) is 49.1 Å². The molecule has 0 aromatic heterocycles. The predicted octanol–water partition coefficient (Wildman–Crippen LogP) is 6.28. The minimum Gasteiger partial charge on any atom is -0.456 e. The number of nitrogens with zero attached hydrogens (tertiary/aromatic N) is 3. The third-order valence-corrected chi connectivity index (χ3v) is 8.48. The maximum atomic E-state index is 12.4. The zero-order chi connectivity index (χ0) is 28.4. The molecule has 3 aromatic carbocycles. The lowest BCUT2D eigenvalue weighted by atomic mass is 9.74. The van der Waals surface area contributed by atoms with Crippen molar-refractivity contribution < 1.29 is 9.53 Å². The van der Waals surface area contributed by atoms with Crippen molar-refractivity contribution in [3.8, 4) is 11.5 Å². The number of carbonyl (C=O) groups is 1. The number of ether oxygens (including phenoxy) is 1. The summed E-state index contributed by atoms with van der Waals surface area (Å²) in [5.41, 5.74) is 7.17. The Balaban J connectivity index is 1.71. The van der Waals surface area contributed by atoms with Crippen molar-refractivity contribution in [3.63, 3.8) is 0 Å². The molecule has 0 radical (unpaired) electrons. The van der Waals surface area contributed by atoms with Gasteiger partial charge in [-0.2, -0.15) is 0 Å². The number of fused-ring (bicyclic) bond motifs is 6. The quantitative estimate of drug-likeness (QED) is 0.308. The van der Waals surface area contributed by atoms with Crippen molar-refractivity contribution in [1.82, 2.24) is 10.2 Å². The fraction of sp³-hybridized carbons (Fsp3) is 0.382. The molecule has 6 nitrogen and oxygen atoms in total. The van der Waals surface area contributed by atoms with Crippen LogP contribution in [-0.4, -0.2) is 50.1 Å². The fourth-order valence-electron chi connectivity index (χ4n) is 6.46. The second-order valence-electron chi connectivity index (χ2n) is 10.6. The molecule has 1 spiro atoms. The van der Waals surface area contributed by atoms with E-state index in [0.29, 0.717) is 18.7 Å². The molecule has 6 heteroatoms.